The molecule has 88 valence electrons. The van der Waals surface area contributed by atoms with Crippen LogP contribution in [0.2, 0.25) is 0 Å². The molecular formula is C10H14N2O2S2. The molecule has 1 rings (SSSR count). The number of aryl methyl sites for hydroxylation is 1. The zero-order valence-corrected chi connectivity index (χ0v) is 10.9. The van der Waals surface area contributed by atoms with E-state index in [-0.39, 0.29) is 13.0 Å². The van der Waals surface area contributed by atoms with Crippen LogP contribution in [0.1, 0.15) is 18.2 Å². The van der Waals surface area contributed by atoms with Gasteiger partial charge in [-0.05, 0) is 18.6 Å². The summed E-state index contributed by atoms with van der Waals surface area (Å²) in [5.74, 6) is 0. The molecule has 0 saturated carbocycles. The Morgan fingerprint density at radius 2 is 2.19 bits per heavy atom. The minimum absolute atomic E-state index is 0.210. The third-order valence-electron chi connectivity index (χ3n) is 2.19. The standard InChI is InChI=1S/C10H14N2O2S2/c1-3-9-5-6-10(15-9)16(13,14)12(2)8-4-7-11/h5-6H,3-4,8H2,1-2H3. The predicted molar refractivity (Wildman–Crippen MR) is 63.7 cm³/mol. The summed E-state index contributed by atoms with van der Waals surface area (Å²) in [7, 11) is -1.90. The molecule has 0 aliphatic rings. The maximum atomic E-state index is 12.0. The Morgan fingerprint density at radius 3 is 2.69 bits per heavy atom. The summed E-state index contributed by atoms with van der Waals surface area (Å²) in [6.45, 7) is 2.22. The van der Waals surface area contributed by atoms with E-state index < -0.39 is 10.0 Å². The summed E-state index contributed by atoms with van der Waals surface area (Å²) in [6, 6.07) is 5.39. The zero-order chi connectivity index (χ0) is 12.2. The van der Waals surface area contributed by atoms with Gasteiger partial charge >= 0.3 is 0 Å². The first-order valence-corrected chi connectivity index (χ1v) is 7.20. The van der Waals surface area contributed by atoms with Gasteiger partial charge in [-0.2, -0.15) is 9.57 Å². The first-order chi connectivity index (χ1) is 7.52. The van der Waals surface area contributed by atoms with Gasteiger partial charge in [-0.1, -0.05) is 6.92 Å². The summed E-state index contributed by atoms with van der Waals surface area (Å²) < 4.78 is 25.6. The Balaban J connectivity index is 2.89. The van der Waals surface area contributed by atoms with E-state index in [1.807, 2.05) is 19.1 Å². The van der Waals surface area contributed by atoms with E-state index in [0.29, 0.717) is 4.21 Å². The second-order valence-corrected chi connectivity index (χ2v) is 6.75. The van der Waals surface area contributed by atoms with Crippen LogP contribution in [-0.4, -0.2) is 26.3 Å². The third-order valence-corrected chi connectivity index (χ3v) is 5.74. The van der Waals surface area contributed by atoms with E-state index in [4.69, 9.17) is 5.26 Å². The largest absolute Gasteiger partial charge is 0.252 e. The van der Waals surface area contributed by atoms with Crippen LogP contribution in [0, 0.1) is 11.3 Å². The molecule has 0 aromatic carbocycles. The molecule has 0 unspecified atom stereocenters. The maximum absolute atomic E-state index is 12.0. The lowest BCUT2D eigenvalue weighted by molar-refractivity contribution is 0.478. The average molecular weight is 258 g/mol. The highest BCUT2D eigenvalue weighted by Gasteiger charge is 2.21. The van der Waals surface area contributed by atoms with Crippen molar-refractivity contribution in [2.24, 2.45) is 0 Å². The molecule has 0 atom stereocenters. The highest BCUT2D eigenvalue weighted by Crippen LogP contribution is 2.24. The lowest BCUT2D eigenvalue weighted by atomic mass is 10.4. The first kappa shape index (κ1) is 13.2. The molecule has 0 spiro atoms. The van der Waals surface area contributed by atoms with Gasteiger partial charge in [0.1, 0.15) is 4.21 Å². The number of thiophene rings is 1. The smallest absolute Gasteiger partial charge is 0.206 e. The SMILES string of the molecule is CCc1ccc(S(=O)(=O)N(C)CCC#N)s1. The van der Waals surface area contributed by atoms with Crippen LogP contribution in [0.3, 0.4) is 0 Å². The molecule has 0 radical (unpaired) electrons. The molecule has 4 nitrogen and oxygen atoms in total. The van der Waals surface area contributed by atoms with Crippen molar-refractivity contribution >= 4 is 21.4 Å². The van der Waals surface area contributed by atoms with E-state index in [0.717, 1.165) is 11.3 Å². The quantitative estimate of drug-likeness (QED) is 0.809. The molecule has 6 heteroatoms. The van der Waals surface area contributed by atoms with Crippen molar-refractivity contribution in [2.75, 3.05) is 13.6 Å². The number of hydrogen-bond acceptors (Lipinski definition) is 4. The summed E-state index contributed by atoms with van der Waals surface area (Å²) in [4.78, 5) is 1.05. The molecule has 0 aliphatic carbocycles. The average Bonchev–Trinajstić information content (AvgIpc) is 2.74. The maximum Gasteiger partial charge on any atom is 0.252 e. The van der Waals surface area contributed by atoms with Crippen LogP contribution >= 0.6 is 11.3 Å². The van der Waals surface area contributed by atoms with Crippen LogP contribution < -0.4 is 0 Å². The minimum Gasteiger partial charge on any atom is -0.206 e. The number of nitrogens with zero attached hydrogens (tertiary/aromatic N) is 2. The Labute approximate surface area is 100 Å². The van der Waals surface area contributed by atoms with Crippen molar-refractivity contribution < 1.29 is 8.42 Å². The van der Waals surface area contributed by atoms with Gasteiger partial charge in [0.15, 0.2) is 0 Å². The lowest BCUT2D eigenvalue weighted by Gasteiger charge is -2.13. The summed E-state index contributed by atoms with van der Waals surface area (Å²) in [5, 5.41) is 8.42. The number of hydrogen-bond donors (Lipinski definition) is 0. The van der Waals surface area contributed by atoms with Gasteiger partial charge in [-0.15, -0.1) is 11.3 Å². The van der Waals surface area contributed by atoms with Crippen LogP contribution in [0.4, 0.5) is 0 Å². The minimum atomic E-state index is -3.40. The fourth-order valence-electron chi connectivity index (χ4n) is 1.17. The Bertz CT molecular complexity index is 485. The summed E-state index contributed by atoms with van der Waals surface area (Å²) in [6.07, 6.45) is 1.05. The van der Waals surface area contributed by atoms with E-state index >= 15 is 0 Å². The topological polar surface area (TPSA) is 61.2 Å². The monoisotopic (exact) mass is 258 g/mol. The zero-order valence-electron chi connectivity index (χ0n) is 9.30. The van der Waals surface area contributed by atoms with Crippen molar-refractivity contribution in [3.63, 3.8) is 0 Å². The fraction of sp³-hybridized carbons (Fsp3) is 0.500. The van der Waals surface area contributed by atoms with Gasteiger partial charge in [-0.3, -0.25) is 0 Å². The van der Waals surface area contributed by atoms with Crippen LogP contribution in [0.5, 0.6) is 0 Å². The third kappa shape index (κ3) is 2.82. The van der Waals surface area contributed by atoms with Crippen LogP contribution in [-0.2, 0) is 16.4 Å². The lowest BCUT2D eigenvalue weighted by Crippen LogP contribution is -2.27. The van der Waals surface area contributed by atoms with Crippen molar-refractivity contribution in [2.45, 2.75) is 24.0 Å². The van der Waals surface area contributed by atoms with Gasteiger partial charge < -0.3 is 0 Å². The molecule has 0 bridgehead atoms. The van der Waals surface area contributed by atoms with Crippen molar-refractivity contribution in [1.82, 2.24) is 4.31 Å². The highest BCUT2D eigenvalue weighted by atomic mass is 32.2. The van der Waals surface area contributed by atoms with E-state index in [2.05, 4.69) is 0 Å². The molecule has 1 aromatic rings. The fourth-order valence-corrected chi connectivity index (χ4v) is 3.85. The number of rotatable bonds is 5. The molecule has 0 fully saturated rings. The number of sulfonamides is 1. The second-order valence-electron chi connectivity index (χ2n) is 3.31. The first-order valence-electron chi connectivity index (χ1n) is 4.94. The van der Waals surface area contributed by atoms with E-state index in [1.165, 1.54) is 22.7 Å². The Morgan fingerprint density at radius 1 is 1.50 bits per heavy atom. The molecule has 0 saturated heterocycles. The summed E-state index contributed by atoms with van der Waals surface area (Å²) >= 11 is 1.29. The van der Waals surface area contributed by atoms with Crippen molar-refractivity contribution in [3.8, 4) is 6.07 Å². The molecule has 16 heavy (non-hydrogen) atoms. The molecule has 0 N–H and O–H groups in total. The summed E-state index contributed by atoms with van der Waals surface area (Å²) in [5.41, 5.74) is 0. The van der Waals surface area contributed by atoms with Crippen molar-refractivity contribution in [1.29, 1.82) is 5.26 Å². The molecule has 1 heterocycles. The van der Waals surface area contributed by atoms with Crippen LogP contribution in [0.25, 0.3) is 0 Å². The van der Waals surface area contributed by atoms with Gasteiger partial charge in [0.2, 0.25) is 0 Å². The number of nitriles is 1. The Hall–Kier alpha value is -0.900. The van der Waals surface area contributed by atoms with Gasteiger partial charge in [-0.25, -0.2) is 8.42 Å². The van der Waals surface area contributed by atoms with Crippen LogP contribution in [0.15, 0.2) is 16.3 Å². The highest BCUT2D eigenvalue weighted by molar-refractivity contribution is 7.91. The van der Waals surface area contributed by atoms with Gasteiger partial charge in [0.05, 0.1) is 6.07 Å². The predicted octanol–water partition coefficient (Wildman–Crippen LogP) is 1.84. The second kappa shape index (κ2) is 5.43. The van der Waals surface area contributed by atoms with Gasteiger partial charge in [0.25, 0.3) is 10.0 Å². The normalized spacial score (nSPS) is 11.6. The Kier molecular flexibility index (Phi) is 4.47. The molecule has 0 aliphatic heterocycles. The molecule has 0 amide bonds. The molecule has 1 aromatic heterocycles. The van der Waals surface area contributed by atoms with E-state index in [9.17, 15) is 8.42 Å². The van der Waals surface area contributed by atoms with E-state index in [1.54, 1.807) is 6.07 Å². The molecular weight excluding hydrogens is 244 g/mol. The van der Waals surface area contributed by atoms with Crippen molar-refractivity contribution in [3.05, 3.63) is 17.0 Å². The van der Waals surface area contributed by atoms with Gasteiger partial charge in [0, 0.05) is 24.9 Å².